The van der Waals surface area contributed by atoms with E-state index in [2.05, 4.69) is 35.8 Å². The van der Waals surface area contributed by atoms with Gasteiger partial charge in [0.15, 0.2) is 5.78 Å². The highest BCUT2D eigenvalue weighted by molar-refractivity contribution is 5.94. The number of hydrogen-bond acceptors (Lipinski definition) is 1. The predicted octanol–water partition coefficient (Wildman–Crippen LogP) is 4.66. The van der Waals surface area contributed by atoms with E-state index in [1.54, 1.807) is 6.92 Å². The summed E-state index contributed by atoms with van der Waals surface area (Å²) in [6.45, 7) is 3.67. The van der Waals surface area contributed by atoms with E-state index in [0.717, 1.165) is 22.6 Å². The lowest BCUT2D eigenvalue weighted by atomic mass is 10.1. The molecule has 0 spiro atoms. The van der Waals surface area contributed by atoms with E-state index in [0.29, 0.717) is 0 Å². The quantitative estimate of drug-likeness (QED) is 0.637. The number of nitrogens with zero attached hydrogens (tertiary/aromatic N) is 1. The van der Waals surface area contributed by atoms with Crippen LogP contribution in [0.15, 0.2) is 66.7 Å². The molecular formula is C19H17NO. The van der Waals surface area contributed by atoms with Crippen LogP contribution in [0.3, 0.4) is 0 Å². The van der Waals surface area contributed by atoms with Gasteiger partial charge in [-0.25, -0.2) is 0 Å². The summed E-state index contributed by atoms with van der Waals surface area (Å²) in [6.07, 6.45) is 0. The molecule has 0 saturated heterocycles. The topological polar surface area (TPSA) is 22.0 Å². The Bertz CT molecular complexity index is 784. The van der Waals surface area contributed by atoms with Crippen molar-refractivity contribution in [2.45, 2.75) is 13.8 Å². The van der Waals surface area contributed by atoms with Crippen LogP contribution >= 0.6 is 0 Å². The molecule has 0 radical (unpaired) electrons. The van der Waals surface area contributed by atoms with Gasteiger partial charge in [-0.2, -0.15) is 0 Å². The molecule has 21 heavy (non-hydrogen) atoms. The van der Waals surface area contributed by atoms with Crippen molar-refractivity contribution < 1.29 is 4.79 Å². The van der Waals surface area contributed by atoms with Gasteiger partial charge in [0.1, 0.15) is 0 Å². The Hall–Kier alpha value is -2.61. The van der Waals surface area contributed by atoms with Gasteiger partial charge in [-0.3, -0.25) is 4.79 Å². The molecule has 0 saturated carbocycles. The highest BCUT2D eigenvalue weighted by atomic mass is 16.1. The first-order valence-electron chi connectivity index (χ1n) is 7.02. The van der Waals surface area contributed by atoms with Crippen LogP contribution in [-0.4, -0.2) is 10.4 Å². The number of aromatic nitrogens is 1. The Morgan fingerprint density at radius 2 is 1.67 bits per heavy atom. The summed E-state index contributed by atoms with van der Waals surface area (Å²) in [7, 11) is 0. The summed E-state index contributed by atoms with van der Waals surface area (Å²) >= 11 is 0. The molecule has 2 aromatic carbocycles. The number of aryl methyl sites for hydroxylation is 1. The van der Waals surface area contributed by atoms with Crippen LogP contribution in [0, 0.1) is 6.92 Å². The third-order valence-corrected chi connectivity index (χ3v) is 3.66. The summed E-state index contributed by atoms with van der Waals surface area (Å²) in [6, 6.07) is 22.3. The summed E-state index contributed by atoms with van der Waals surface area (Å²) in [5, 5.41) is 0. The highest BCUT2D eigenvalue weighted by Crippen LogP contribution is 2.26. The first kappa shape index (κ1) is 13.4. The second-order valence-corrected chi connectivity index (χ2v) is 5.17. The largest absolute Gasteiger partial charge is 0.314 e. The van der Waals surface area contributed by atoms with E-state index >= 15 is 0 Å². The van der Waals surface area contributed by atoms with Gasteiger partial charge in [0, 0.05) is 16.9 Å². The van der Waals surface area contributed by atoms with Crippen molar-refractivity contribution in [2.24, 2.45) is 0 Å². The molecule has 0 aliphatic carbocycles. The maximum absolute atomic E-state index is 11.6. The smallest absolute Gasteiger partial charge is 0.159 e. The van der Waals surface area contributed by atoms with E-state index in [1.165, 1.54) is 5.56 Å². The number of ketones is 1. The molecule has 0 atom stereocenters. The van der Waals surface area contributed by atoms with Crippen LogP contribution in [0.5, 0.6) is 0 Å². The van der Waals surface area contributed by atoms with Crippen LogP contribution in [0.25, 0.3) is 16.9 Å². The van der Waals surface area contributed by atoms with Crippen LogP contribution in [-0.2, 0) is 0 Å². The predicted molar refractivity (Wildman–Crippen MR) is 85.9 cm³/mol. The summed E-state index contributed by atoms with van der Waals surface area (Å²) in [5.41, 5.74) is 5.20. The molecule has 3 rings (SSSR count). The second-order valence-electron chi connectivity index (χ2n) is 5.17. The van der Waals surface area contributed by atoms with Crippen molar-refractivity contribution in [3.05, 3.63) is 78.0 Å². The minimum Gasteiger partial charge on any atom is -0.314 e. The standard InChI is InChI=1S/C19H17NO/c1-14-11-12-19(16-7-4-3-5-8-16)20(14)18-10-6-9-17(13-18)15(2)21/h3-13H,1-2H3. The molecule has 0 amide bonds. The lowest BCUT2D eigenvalue weighted by Crippen LogP contribution is -2.01. The van der Waals surface area contributed by atoms with Gasteiger partial charge in [0.05, 0.1) is 5.69 Å². The first-order chi connectivity index (χ1) is 10.2. The van der Waals surface area contributed by atoms with Crippen molar-refractivity contribution in [1.82, 2.24) is 4.57 Å². The number of Topliss-reactive ketones (excluding diaryl/α,β-unsaturated/α-hetero) is 1. The van der Waals surface area contributed by atoms with Gasteiger partial charge in [-0.05, 0) is 43.7 Å². The Kier molecular flexibility index (Phi) is 3.44. The molecule has 0 fully saturated rings. The SMILES string of the molecule is CC(=O)c1cccc(-n2c(C)ccc2-c2ccccc2)c1. The van der Waals surface area contributed by atoms with Gasteiger partial charge in [-0.1, -0.05) is 42.5 Å². The molecule has 1 heterocycles. The third kappa shape index (κ3) is 2.52. The van der Waals surface area contributed by atoms with Crippen LogP contribution in [0.2, 0.25) is 0 Å². The molecule has 0 unspecified atom stereocenters. The van der Waals surface area contributed by atoms with E-state index in [9.17, 15) is 4.79 Å². The minimum absolute atomic E-state index is 0.0860. The fraction of sp³-hybridized carbons (Fsp3) is 0.105. The first-order valence-corrected chi connectivity index (χ1v) is 7.02. The Morgan fingerprint density at radius 3 is 2.38 bits per heavy atom. The number of rotatable bonds is 3. The fourth-order valence-corrected chi connectivity index (χ4v) is 2.58. The van der Waals surface area contributed by atoms with Gasteiger partial charge in [0.25, 0.3) is 0 Å². The zero-order valence-electron chi connectivity index (χ0n) is 12.2. The van der Waals surface area contributed by atoms with Gasteiger partial charge >= 0.3 is 0 Å². The summed E-state index contributed by atoms with van der Waals surface area (Å²) < 4.78 is 2.18. The van der Waals surface area contributed by atoms with Gasteiger partial charge in [-0.15, -0.1) is 0 Å². The fourth-order valence-electron chi connectivity index (χ4n) is 2.58. The number of hydrogen-bond donors (Lipinski definition) is 0. The van der Waals surface area contributed by atoms with Crippen LogP contribution < -0.4 is 0 Å². The van der Waals surface area contributed by atoms with Crippen LogP contribution in [0.4, 0.5) is 0 Å². The van der Waals surface area contributed by atoms with Crippen molar-refractivity contribution in [1.29, 1.82) is 0 Å². The Balaban J connectivity index is 2.17. The number of carbonyl (C=O) groups is 1. The molecule has 0 N–H and O–H groups in total. The summed E-state index contributed by atoms with van der Waals surface area (Å²) in [4.78, 5) is 11.6. The molecule has 2 nitrogen and oxygen atoms in total. The molecule has 1 aromatic heterocycles. The van der Waals surface area contributed by atoms with Crippen molar-refractivity contribution >= 4 is 5.78 Å². The Morgan fingerprint density at radius 1 is 0.905 bits per heavy atom. The number of benzene rings is 2. The number of carbonyl (C=O) groups excluding carboxylic acids is 1. The lowest BCUT2D eigenvalue weighted by molar-refractivity contribution is 0.101. The third-order valence-electron chi connectivity index (χ3n) is 3.66. The molecule has 0 bridgehead atoms. The molecule has 0 aliphatic rings. The molecular weight excluding hydrogens is 258 g/mol. The summed E-state index contributed by atoms with van der Waals surface area (Å²) in [5.74, 6) is 0.0860. The Labute approximate surface area is 124 Å². The van der Waals surface area contributed by atoms with Crippen LogP contribution in [0.1, 0.15) is 23.0 Å². The lowest BCUT2D eigenvalue weighted by Gasteiger charge is -2.13. The van der Waals surface area contributed by atoms with E-state index in [1.807, 2.05) is 42.5 Å². The molecule has 2 heteroatoms. The molecule has 3 aromatic rings. The van der Waals surface area contributed by atoms with Gasteiger partial charge < -0.3 is 4.57 Å². The normalized spacial score (nSPS) is 10.6. The average molecular weight is 275 g/mol. The van der Waals surface area contributed by atoms with Crippen molar-refractivity contribution in [3.8, 4) is 16.9 Å². The monoisotopic (exact) mass is 275 g/mol. The van der Waals surface area contributed by atoms with Crippen molar-refractivity contribution in [2.75, 3.05) is 0 Å². The van der Waals surface area contributed by atoms with E-state index in [-0.39, 0.29) is 5.78 Å². The molecule has 0 aliphatic heterocycles. The maximum atomic E-state index is 11.6. The zero-order chi connectivity index (χ0) is 14.8. The molecule has 104 valence electrons. The average Bonchev–Trinajstić information content (AvgIpc) is 2.90. The second kappa shape index (κ2) is 5.41. The zero-order valence-corrected chi connectivity index (χ0v) is 12.2. The van der Waals surface area contributed by atoms with Crippen molar-refractivity contribution in [3.63, 3.8) is 0 Å². The van der Waals surface area contributed by atoms with Gasteiger partial charge in [0.2, 0.25) is 0 Å². The minimum atomic E-state index is 0.0860. The highest BCUT2D eigenvalue weighted by Gasteiger charge is 2.10. The maximum Gasteiger partial charge on any atom is 0.159 e. The van der Waals surface area contributed by atoms with E-state index in [4.69, 9.17) is 0 Å². The van der Waals surface area contributed by atoms with E-state index < -0.39 is 0 Å².